The number of pyridine rings is 1. The summed E-state index contributed by atoms with van der Waals surface area (Å²) in [6.45, 7) is 16.0. The largest absolute Gasteiger partial charge is 0.506 e. The maximum atomic E-state index is 13.6. The molecule has 0 radical (unpaired) electrons. The Kier molecular flexibility index (Phi) is 9.32. The highest BCUT2D eigenvalue weighted by Crippen LogP contribution is 2.41. The number of hydrogen-bond donors (Lipinski definition) is 3. The molecule has 1 aromatic heterocycles. The van der Waals surface area contributed by atoms with E-state index in [9.17, 15) is 24.6 Å². The number of phenolic OH excluding ortho intramolecular Hbond substituents is 1. The van der Waals surface area contributed by atoms with Crippen molar-refractivity contribution in [3.63, 3.8) is 0 Å². The zero-order valence-corrected chi connectivity index (χ0v) is 26.5. The molecule has 0 aliphatic carbocycles. The van der Waals surface area contributed by atoms with Gasteiger partial charge < -0.3 is 29.3 Å². The zero-order valence-electron chi connectivity index (χ0n) is 24.8. The van der Waals surface area contributed by atoms with Gasteiger partial charge in [-0.1, -0.05) is 44.5 Å². The van der Waals surface area contributed by atoms with Gasteiger partial charge in [-0.05, 0) is 74.3 Å². The molecule has 1 atom stereocenters. The molecule has 3 N–H and O–H groups in total. The van der Waals surface area contributed by atoms with E-state index in [1.54, 1.807) is 39.0 Å². The van der Waals surface area contributed by atoms with Crippen LogP contribution in [-0.2, 0) is 15.7 Å². The minimum absolute atomic E-state index is 0.0390. The number of benzene rings is 2. The molecule has 11 heteroatoms. The molecular formula is C30H39ClN2O7Si. The summed E-state index contributed by atoms with van der Waals surface area (Å²) in [5.41, 5.74) is 0.398. The highest BCUT2D eigenvalue weighted by Gasteiger charge is 2.41. The van der Waals surface area contributed by atoms with Gasteiger partial charge in [0.2, 0.25) is 5.56 Å². The van der Waals surface area contributed by atoms with Crippen molar-refractivity contribution in [1.29, 1.82) is 0 Å². The van der Waals surface area contributed by atoms with Crippen LogP contribution in [0, 0.1) is 0 Å². The number of rotatable bonds is 8. The minimum atomic E-state index is -2.43. The molecule has 1 unspecified atom stereocenters. The number of carboxylic acid groups (broad SMARTS) is 1. The normalized spacial score (nSPS) is 13.2. The first-order chi connectivity index (χ1) is 18.8. The Labute approximate surface area is 246 Å². The van der Waals surface area contributed by atoms with Crippen molar-refractivity contribution in [2.75, 3.05) is 6.54 Å². The number of carbonyl (C=O) groups is 2. The molecule has 0 fully saturated rings. The van der Waals surface area contributed by atoms with Crippen LogP contribution in [0.3, 0.4) is 0 Å². The van der Waals surface area contributed by atoms with Crippen LogP contribution in [0.25, 0.3) is 10.9 Å². The van der Waals surface area contributed by atoms with Crippen molar-refractivity contribution >= 4 is 42.9 Å². The van der Waals surface area contributed by atoms with Gasteiger partial charge in [-0.2, -0.15) is 0 Å². The summed E-state index contributed by atoms with van der Waals surface area (Å²) in [4.78, 5) is 41.3. The van der Waals surface area contributed by atoms with Gasteiger partial charge in [-0.25, -0.2) is 9.59 Å². The molecular weight excluding hydrogens is 564 g/mol. The highest BCUT2D eigenvalue weighted by molar-refractivity contribution is 6.74. The van der Waals surface area contributed by atoms with Crippen molar-refractivity contribution < 1.29 is 29.0 Å². The molecule has 9 nitrogen and oxygen atoms in total. The highest BCUT2D eigenvalue weighted by atomic mass is 35.5. The van der Waals surface area contributed by atoms with Gasteiger partial charge in [0.1, 0.15) is 11.4 Å². The molecule has 0 spiro atoms. The lowest BCUT2D eigenvalue weighted by atomic mass is 10.0. The van der Waals surface area contributed by atoms with Gasteiger partial charge in [0.15, 0.2) is 8.32 Å². The second-order valence-electron chi connectivity index (χ2n) is 12.6. The van der Waals surface area contributed by atoms with E-state index in [2.05, 4.69) is 38.8 Å². The van der Waals surface area contributed by atoms with Gasteiger partial charge in [0, 0.05) is 18.0 Å². The molecule has 0 saturated carbocycles. The fourth-order valence-corrected chi connectivity index (χ4v) is 5.60. The molecule has 1 heterocycles. The molecule has 0 aliphatic rings. The number of ether oxygens (including phenoxy) is 1. The summed E-state index contributed by atoms with van der Waals surface area (Å²) in [5.74, 6) is -1.23. The second-order valence-corrected chi connectivity index (χ2v) is 17.8. The molecule has 3 rings (SSSR count). The Morgan fingerprint density at radius 3 is 2.27 bits per heavy atom. The number of amides is 1. The van der Waals surface area contributed by atoms with Crippen molar-refractivity contribution in [1.82, 2.24) is 9.88 Å². The number of aromatic nitrogens is 1. The number of carboxylic acids is 1. The third-order valence-electron chi connectivity index (χ3n) is 7.17. The third-order valence-corrected chi connectivity index (χ3v) is 12.0. The lowest BCUT2D eigenvalue weighted by molar-refractivity contribution is 0.0137. The summed E-state index contributed by atoms with van der Waals surface area (Å²) < 4.78 is 12.7. The van der Waals surface area contributed by atoms with Crippen LogP contribution in [0.5, 0.6) is 5.75 Å². The van der Waals surface area contributed by atoms with E-state index in [-0.39, 0.29) is 45.5 Å². The number of H-pyrrole nitrogens is 1. The van der Waals surface area contributed by atoms with Crippen LogP contribution in [-0.4, -0.2) is 52.6 Å². The van der Waals surface area contributed by atoms with Crippen molar-refractivity contribution in [2.24, 2.45) is 0 Å². The van der Waals surface area contributed by atoms with Crippen LogP contribution in [0.2, 0.25) is 23.2 Å². The summed E-state index contributed by atoms with van der Waals surface area (Å²) in [6.07, 6.45) is -1.25. The Hall–Kier alpha value is -3.34. The maximum absolute atomic E-state index is 13.6. The standard InChI is InChI=1S/C30H39ClN2O7Si/c1-29(2,3)39-28(38)33(16-18-9-10-21(27(36)37)22(31)15-18)17-24(40-41(7,8)30(4,5)6)19-11-13-23(34)26-20(19)12-14-25(35)32-26/h9-15,24,34H,16-17H2,1-8H3,(H,32,35)(H,36,37). The number of fused-ring (bicyclic) bond motifs is 1. The summed E-state index contributed by atoms with van der Waals surface area (Å²) in [5, 5.41) is 20.4. The van der Waals surface area contributed by atoms with E-state index in [4.69, 9.17) is 20.8 Å². The molecule has 3 aromatic rings. The molecule has 2 aromatic carbocycles. The first-order valence-electron chi connectivity index (χ1n) is 13.3. The fraction of sp³-hybridized carbons (Fsp3) is 0.433. The predicted octanol–water partition coefficient (Wildman–Crippen LogP) is 7.09. The Bertz CT molecular complexity index is 1510. The molecule has 0 bridgehead atoms. The Morgan fingerprint density at radius 1 is 1.05 bits per heavy atom. The van der Waals surface area contributed by atoms with Crippen LogP contribution >= 0.6 is 11.6 Å². The Balaban J connectivity index is 2.15. The van der Waals surface area contributed by atoms with E-state index >= 15 is 0 Å². The summed E-state index contributed by atoms with van der Waals surface area (Å²) in [6, 6.07) is 10.8. The van der Waals surface area contributed by atoms with Gasteiger partial charge in [-0.15, -0.1) is 0 Å². The minimum Gasteiger partial charge on any atom is -0.506 e. The van der Waals surface area contributed by atoms with Crippen LogP contribution in [0.1, 0.15) is 69.1 Å². The van der Waals surface area contributed by atoms with E-state index in [1.165, 1.54) is 29.2 Å². The van der Waals surface area contributed by atoms with E-state index in [0.29, 0.717) is 16.5 Å². The van der Waals surface area contributed by atoms with Crippen LogP contribution in [0.4, 0.5) is 4.79 Å². The number of nitrogens with one attached hydrogen (secondary N) is 1. The maximum Gasteiger partial charge on any atom is 0.410 e. The monoisotopic (exact) mass is 602 g/mol. The number of carbonyl (C=O) groups excluding carboxylic acids is 1. The number of phenols is 1. The third kappa shape index (κ3) is 7.90. The number of aromatic hydroxyl groups is 1. The van der Waals surface area contributed by atoms with E-state index < -0.39 is 32.1 Å². The van der Waals surface area contributed by atoms with Gasteiger partial charge in [-0.3, -0.25) is 4.79 Å². The van der Waals surface area contributed by atoms with E-state index in [1.807, 2.05) is 0 Å². The topological polar surface area (TPSA) is 129 Å². The van der Waals surface area contributed by atoms with Crippen LogP contribution < -0.4 is 5.56 Å². The lowest BCUT2D eigenvalue weighted by Crippen LogP contribution is -2.45. The van der Waals surface area contributed by atoms with Crippen molar-refractivity contribution in [2.45, 2.75) is 77.9 Å². The number of aromatic amines is 1. The van der Waals surface area contributed by atoms with Gasteiger partial charge in [0.05, 0.1) is 28.8 Å². The fourth-order valence-electron chi connectivity index (χ4n) is 4.05. The SMILES string of the molecule is CC(C)(C)OC(=O)N(Cc1ccc(C(=O)O)c(Cl)c1)CC(O[Si](C)(C)C(C)(C)C)c1ccc(O)c2[nH]c(=O)ccc12. The molecule has 1 amide bonds. The van der Waals surface area contributed by atoms with Crippen molar-refractivity contribution in [3.8, 4) is 5.75 Å². The first-order valence-corrected chi connectivity index (χ1v) is 16.6. The molecule has 222 valence electrons. The zero-order chi connectivity index (χ0) is 30.9. The number of aromatic carboxylic acids is 1. The quantitative estimate of drug-likeness (QED) is 0.235. The van der Waals surface area contributed by atoms with E-state index in [0.717, 1.165) is 0 Å². The molecule has 41 heavy (non-hydrogen) atoms. The Morgan fingerprint density at radius 2 is 1.71 bits per heavy atom. The predicted molar refractivity (Wildman–Crippen MR) is 162 cm³/mol. The number of halogens is 1. The van der Waals surface area contributed by atoms with Gasteiger partial charge >= 0.3 is 12.1 Å². The summed E-state index contributed by atoms with van der Waals surface area (Å²) >= 11 is 6.24. The molecule has 0 aliphatic heterocycles. The molecule has 0 saturated heterocycles. The number of hydrogen-bond acceptors (Lipinski definition) is 6. The lowest BCUT2D eigenvalue weighted by Gasteiger charge is -2.41. The number of nitrogens with zero attached hydrogens (tertiary/aromatic N) is 1. The summed E-state index contributed by atoms with van der Waals surface area (Å²) in [7, 11) is -2.43. The van der Waals surface area contributed by atoms with Crippen LogP contribution in [0.15, 0.2) is 47.3 Å². The van der Waals surface area contributed by atoms with Gasteiger partial charge in [0.25, 0.3) is 0 Å². The van der Waals surface area contributed by atoms with Crippen molar-refractivity contribution in [3.05, 3.63) is 74.5 Å². The smallest absolute Gasteiger partial charge is 0.410 e. The average Bonchev–Trinajstić information content (AvgIpc) is 2.81. The average molecular weight is 603 g/mol. The first kappa shape index (κ1) is 32.2. The second kappa shape index (κ2) is 11.9.